The van der Waals surface area contributed by atoms with Gasteiger partial charge >= 0.3 is 0 Å². The van der Waals surface area contributed by atoms with Crippen molar-refractivity contribution in [2.75, 3.05) is 6.54 Å². The van der Waals surface area contributed by atoms with Gasteiger partial charge in [-0.15, -0.1) is 0 Å². The van der Waals surface area contributed by atoms with E-state index in [-0.39, 0.29) is 11.9 Å². The molecule has 1 aromatic heterocycles. The molecule has 0 bridgehead atoms. The van der Waals surface area contributed by atoms with Crippen LogP contribution >= 0.6 is 0 Å². The fourth-order valence-corrected chi connectivity index (χ4v) is 2.00. The van der Waals surface area contributed by atoms with Gasteiger partial charge in [-0.1, -0.05) is 6.07 Å². The minimum Gasteiger partial charge on any atom is -0.308 e. The zero-order valence-electron chi connectivity index (χ0n) is 11.2. The minimum atomic E-state index is -0.179. The highest BCUT2D eigenvalue weighted by Crippen LogP contribution is 2.11. The summed E-state index contributed by atoms with van der Waals surface area (Å²) in [7, 11) is 0. The van der Waals surface area contributed by atoms with Crippen molar-refractivity contribution >= 4 is 0 Å². The smallest absolute Gasteiger partial charge is 0.123 e. The molecule has 1 heterocycles. The maximum absolute atomic E-state index is 13.0. The molecule has 1 aromatic carbocycles. The summed E-state index contributed by atoms with van der Waals surface area (Å²) < 4.78 is 13.0. The van der Waals surface area contributed by atoms with Crippen LogP contribution in [0.25, 0.3) is 0 Å². The van der Waals surface area contributed by atoms with Crippen molar-refractivity contribution in [2.45, 2.75) is 26.3 Å². The highest BCUT2D eigenvalue weighted by Gasteiger charge is 2.06. The van der Waals surface area contributed by atoms with E-state index in [0.717, 1.165) is 24.2 Å². The molecule has 0 radical (unpaired) electrons. The van der Waals surface area contributed by atoms with Gasteiger partial charge in [-0.25, -0.2) is 4.39 Å². The Bertz CT molecular complexity index is 528. The molecule has 1 N–H and O–H groups in total. The molecule has 0 amide bonds. The Hall–Kier alpha value is -1.81. The summed E-state index contributed by atoms with van der Waals surface area (Å²) in [5, 5.41) is 3.39. The van der Waals surface area contributed by atoms with Gasteiger partial charge in [0.2, 0.25) is 0 Å². The van der Waals surface area contributed by atoms with E-state index in [0.29, 0.717) is 0 Å². The number of nitrogens with one attached hydrogen (secondary N) is 1. The second-order valence-electron chi connectivity index (χ2n) is 4.63. The lowest BCUT2D eigenvalue weighted by Crippen LogP contribution is -2.22. The van der Waals surface area contributed by atoms with Gasteiger partial charge in [0, 0.05) is 24.6 Å². The first kappa shape index (κ1) is 13.6. The summed E-state index contributed by atoms with van der Waals surface area (Å²) in [4.78, 5) is 8.31. The highest BCUT2D eigenvalue weighted by atomic mass is 19.1. The van der Waals surface area contributed by atoms with Crippen molar-refractivity contribution in [1.82, 2.24) is 15.3 Å². The Kier molecular flexibility index (Phi) is 4.58. The van der Waals surface area contributed by atoms with Crippen LogP contribution in [0.3, 0.4) is 0 Å². The van der Waals surface area contributed by atoms with E-state index in [1.54, 1.807) is 24.7 Å². The summed E-state index contributed by atoms with van der Waals surface area (Å²) in [5.74, 6) is -0.179. The lowest BCUT2D eigenvalue weighted by atomic mass is 10.1. The minimum absolute atomic E-state index is 0.162. The molecular formula is C15H18FN3. The van der Waals surface area contributed by atoms with Gasteiger partial charge in [-0.05, 0) is 50.1 Å². The van der Waals surface area contributed by atoms with Crippen LogP contribution in [-0.4, -0.2) is 16.5 Å². The molecule has 4 heteroatoms. The van der Waals surface area contributed by atoms with Crippen LogP contribution < -0.4 is 5.32 Å². The lowest BCUT2D eigenvalue weighted by Gasteiger charge is -2.13. The van der Waals surface area contributed by atoms with Crippen molar-refractivity contribution in [3.05, 3.63) is 59.4 Å². The van der Waals surface area contributed by atoms with Gasteiger partial charge in [-0.3, -0.25) is 9.97 Å². The Balaban J connectivity index is 1.86. The van der Waals surface area contributed by atoms with Crippen molar-refractivity contribution in [3.8, 4) is 0 Å². The SMILES string of the molecule is Cc1cc(F)ccc1CCNC(C)c1cnccn1. The van der Waals surface area contributed by atoms with E-state index >= 15 is 0 Å². The van der Waals surface area contributed by atoms with Gasteiger partial charge in [0.15, 0.2) is 0 Å². The van der Waals surface area contributed by atoms with Crippen molar-refractivity contribution < 1.29 is 4.39 Å². The standard InChI is InChI=1S/C15H18FN3/c1-11-9-14(16)4-3-13(11)5-6-18-12(2)15-10-17-7-8-19-15/h3-4,7-10,12,18H,5-6H2,1-2H3. The molecule has 0 aliphatic carbocycles. The molecule has 0 aliphatic heterocycles. The average molecular weight is 259 g/mol. The molecule has 0 fully saturated rings. The summed E-state index contributed by atoms with van der Waals surface area (Å²) in [6, 6.07) is 5.09. The summed E-state index contributed by atoms with van der Waals surface area (Å²) in [6.45, 7) is 4.82. The number of aryl methyl sites for hydroxylation is 1. The number of halogens is 1. The first-order chi connectivity index (χ1) is 9.16. The average Bonchev–Trinajstić information content (AvgIpc) is 2.42. The number of aromatic nitrogens is 2. The zero-order chi connectivity index (χ0) is 13.7. The largest absolute Gasteiger partial charge is 0.308 e. The van der Waals surface area contributed by atoms with Crippen LogP contribution in [0, 0.1) is 12.7 Å². The molecule has 0 saturated carbocycles. The van der Waals surface area contributed by atoms with Gasteiger partial charge < -0.3 is 5.32 Å². The van der Waals surface area contributed by atoms with Crippen molar-refractivity contribution in [2.24, 2.45) is 0 Å². The topological polar surface area (TPSA) is 37.8 Å². The molecule has 19 heavy (non-hydrogen) atoms. The van der Waals surface area contributed by atoms with Crippen LogP contribution in [0.2, 0.25) is 0 Å². The third-order valence-corrected chi connectivity index (χ3v) is 3.18. The zero-order valence-corrected chi connectivity index (χ0v) is 11.2. The predicted octanol–water partition coefficient (Wildman–Crippen LogP) is 2.82. The van der Waals surface area contributed by atoms with Crippen molar-refractivity contribution in [3.63, 3.8) is 0 Å². The molecule has 2 aromatic rings. The highest BCUT2D eigenvalue weighted by molar-refractivity contribution is 5.26. The summed E-state index contributed by atoms with van der Waals surface area (Å²) in [5.41, 5.74) is 3.09. The molecule has 3 nitrogen and oxygen atoms in total. The quantitative estimate of drug-likeness (QED) is 0.897. The van der Waals surface area contributed by atoms with Crippen molar-refractivity contribution in [1.29, 1.82) is 0 Å². The molecule has 0 saturated heterocycles. The Morgan fingerprint density at radius 3 is 2.84 bits per heavy atom. The second-order valence-corrected chi connectivity index (χ2v) is 4.63. The molecule has 1 atom stereocenters. The number of rotatable bonds is 5. The van der Waals surface area contributed by atoms with Crippen LogP contribution in [0.15, 0.2) is 36.8 Å². The third kappa shape index (κ3) is 3.83. The maximum Gasteiger partial charge on any atom is 0.123 e. The van der Waals surface area contributed by atoms with Crippen LogP contribution in [0.4, 0.5) is 4.39 Å². The van der Waals surface area contributed by atoms with E-state index in [1.165, 1.54) is 11.6 Å². The second kappa shape index (κ2) is 6.38. The molecular weight excluding hydrogens is 241 g/mol. The molecule has 0 aliphatic rings. The monoisotopic (exact) mass is 259 g/mol. The summed E-state index contributed by atoms with van der Waals surface area (Å²) in [6.07, 6.45) is 5.99. The molecule has 0 spiro atoms. The van der Waals surface area contributed by atoms with E-state index in [2.05, 4.69) is 22.2 Å². The van der Waals surface area contributed by atoms with Crippen LogP contribution in [0.5, 0.6) is 0 Å². The summed E-state index contributed by atoms with van der Waals surface area (Å²) >= 11 is 0. The first-order valence-corrected chi connectivity index (χ1v) is 6.41. The molecule has 100 valence electrons. The normalized spacial score (nSPS) is 12.4. The van der Waals surface area contributed by atoms with E-state index in [9.17, 15) is 4.39 Å². The van der Waals surface area contributed by atoms with Gasteiger partial charge in [0.25, 0.3) is 0 Å². The van der Waals surface area contributed by atoms with Crippen LogP contribution in [-0.2, 0) is 6.42 Å². The van der Waals surface area contributed by atoms with E-state index in [1.807, 2.05) is 13.0 Å². The van der Waals surface area contributed by atoms with E-state index in [4.69, 9.17) is 0 Å². The molecule has 2 rings (SSSR count). The number of nitrogens with zero attached hydrogens (tertiary/aromatic N) is 2. The van der Waals surface area contributed by atoms with Gasteiger partial charge in [-0.2, -0.15) is 0 Å². The lowest BCUT2D eigenvalue weighted by molar-refractivity contribution is 0.561. The fraction of sp³-hybridized carbons (Fsp3) is 0.333. The Labute approximate surface area is 112 Å². The molecule has 1 unspecified atom stereocenters. The number of hydrogen-bond acceptors (Lipinski definition) is 3. The van der Waals surface area contributed by atoms with Gasteiger partial charge in [0.1, 0.15) is 5.82 Å². The van der Waals surface area contributed by atoms with E-state index < -0.39 is 0 Å². The Morgan fingerprint density at radius 1 is 1.32 bits per heavy atom. The van der Waals surface area contributed by atoms with Crippen LogP contribution in [0.1, 0.15) is 29.8 Å². The maximum atomic E-state index is 13.0. The first-order valence-electron chi connectivity index (χ1n) is 6.41. The number of hydrogen-bond donors (Lipinski definition) is 1. The Morgan fingerprint density at radius 2 is 2.16 bits per heavy atom. The third-order valence-electron chi connectivity index (χ3n) is 3.18. The van der Waals surface area contributed by atoms with Gasteiger partial charge in [0.05, 0.1) is 5.69 Å². The fourth-order valence-electron chi connectivity index (χ4n) is 2.00. The number of benzene rings is 1. The predicted molar refractivity (Wildman–Crippen MR) is 73.3 cm³/mol.